The fourth-order valence-electron chi connectivity index (χ4n) is 3.69. The number of nitrogens with zero attached hydrogens (tertiary/aromatic N) is 5. The number of morpholine rings is 1. The van der Waals surface area contributed by atoms with Crippen LogP contribution in [0, 0.1) is 12.7 Å². The smallest absolute Gasteiger partial charge is 0.246 e. The molecule has 0 radical (unpaired) electrons. The number of amides is 1. The predicted molar refractivity (Wildman–Crippen MR) is 114 cm³/mol. The zero-order valence-corrected chi connectivity index (χ0v) is 17.1. The maximum absolute atomic E-state index is 13.7. The average molecular weight is 411 g/mol. The van der Waals surface area contributed by atoms with Crippen molar-refractivity contribution in [3.8, 4) is 0 Å². The Morgan fingerprint density at radius 1 is 1.00 bits per heavy atom. The van der Waals surface area contributed by atoms with E-state index in [4.69, 9.17) is 4.74 Å². The number of halogens is 1. The molecule has 4 rings (SSSR count). The van der Waals surface area contributed by atoms with Crippen LogP contribution >= 0.6 is 0 Å². The highest BCUT2D eigenvalue weighted by Crippen LogP contribution is 2.21. The minimum Gasteiger partial charge on any atom is -0.378 e. The van der Waals surface area contributed by atoms with E-state index >= 15 is 0 Å². The molecule has 2 aromatic rings. The zero-order chi connectivity index (χ0) is 20.9. The first-order chi connectivity index (χ1) is 14.6. The second-order valence-electron chi connectivity index (χ2n) is 7.40. The van der Waals surface area contributed by atoms with Gasteiger partial charge in [0.2, 0.25) is 5.91 Å². The molecular weight excluding hydrogens is 385 g/mol. The molecule has 158 valence electrons. The Balaban J connectivity index is 1.38. The summed E-state index contributed by atoms with van der Waals surface area (Å²) in [5.41, 5.74) is 0.414. The Kier molecular flexibility index (Phi) is 6.23. The Bertz CT molecular complexity index is 921. The van der Waals surface area contributed by atoms with Gasteiger partial charge in [0.25, 0.3) is 0 Å². The number of piperazine rings is 1. The van der Waals surface area contributed by atoms with Crippen LogP contribution in [0.25, 0.3) is 6.08 Å². The van der Waals surface area contributed by atoms with E-state index in [2.05, 4.69) is 19.8 Å². The van der Waals surface area contributed by atoms with Gasteiger partial charge in [-0.1, -0.05) is 18.2 Å². The van der Waals surface area contributed by atoms with Crippen molar-refractivity contribution in [3.63, 3.8) is 0 Å². The molecule has 8 heteroatoms. The number of ether oxygens (including phenoxy) is 1. The lowest BCUT2D eigenvalue weighted by Gasteiger charge is -2.35. The van der Waals surface area contributed by atoms with Crippen LogP contribution < -0.4 is 9.80 Å². The number of hydrogen-bond acceptors (Lipinski definition) is 6. The average Bonchev–Trinajstić information content (AvgIpc) is 2.78. The van der Waals surface area contributed by atoms with Crippen molar-refractivity contribution in [2.24, 2.45) is 0 Å². The van der Waals surface area contributed by atoms with Crippen molar-refractivity contribution in [1.82, 2.24) is 14.9 Å². The van der Waals surface area contributed by atoms with Gasteiger partial charge in [-0.25, -0.2) is 14.4 Å². The summed E-state index contributed by atoms with van der Waals surface area (Å²) in [5.74, 6) is 2.11. The van der Waals surface area contributed by atoms with E-state index in [1.54, 1.807) is 23.1 Å². The van der Waals surface area contributed by atoms with Gasteiger partial charge in [-0.2, -0.15) is 0 Å². The van der Waals surface area contributed by atoms with Gasteiger partial charge in [-0.3, -0.25) is 4.79 Å². The first kappa shape index (κ1) is 20.3. The summed E-state index contributed by atoms with van der Waals surface area (Å²) in [6.07, 6.45) is 2.98. The third-order valence-electron chi connectivity index (χ3n) is 5.37. The number of carbonyl (C=O) groups is 1. The fourth-order valence-corrected chi connectivity index (χ4v) is 3.69. The lowest BCUT2D eigenvalue weighted by molar-refractivity contribution is -0.126. The second kappa shape index (κ2) is 9.21. The van der Waals surface area contributed by atoms with Crippen LogP contribution in [0.1, 0.15) is 11.4 Å². The van der Waals surface area contributed by atoms with E-state index in [-0.39, 0.29) is 11.7 Å². The molecule has 3 heterocycles. The molecule has 2 saturated heterocycles. The van der Waals surface area contributed by atoms with Gasteiger partial charge >= 0.3 is 0 Å². The highest BCUT2D eigenvalue weighted by atomic mass is 19.1. The lowest BCUT2D eigenvalue weighted by atomic mass is 10.2. The Hall–Kier alpha value is -3.00. The molecule has 2 aliphatic heterocycles. The van der Waals surface area contributed by atoms with Crippen molar-refractivity contribution in [3.05, 3.63) is 53.6 Å². The second-order valence-corrected chi connectivity index (χ2v) is 7.40. The number of anilines is 2. The molecule has 7 nitrogen and oxygen atoms in total. The van der Waals surface area contributed by atoms with Gasteiger partial charge in [-0.05, 0) is 19.1 Å². The van der Waals surface area contributed by atoms with E-state index in [0.717, 1.165) is 30.5 Å². The SMILES string of the molecule is Cc1nc(N2CCOCC2)cc(N2CCN(C(=O)/C=C/c3ccccc3F)CC2)n1. The number of benzene rings is 1. The number of aryl methyl sites for hydroxylation is 1. The van der Waals surface area contributed by atoms with Crippen LogP contribution in [0.3, 0.4) is 0 Å². The molecule has 0 bridgehead atoms. The summed E-state index contributed by atoms with van der Waals surface area (Å²) in [4.78, 5) is 27.9. The summed E-state index contributed by atoms with van der Waals surface area (Å²) in [7, 11) is 0. The molecular formula is C22H26FN5O2. The largest absolute Gasteiger partial charge is 0.378 e. The summed E-state index contributed by atoms with van der Waals surface area (Å²) < 4.78 is 19.1. The third kappa shape index (κ3) is 4.76. The van der Waals surface area contributed by atoms with Crippen LogP contribution in [-0.2, 0) is 9.53 Å². The number of hydrogen-bond donors (Lipinski definition) is 0. The molecule has 2 aliphatic rings. The van der Waals surface area contributed by atoms with Gasteiger partial charge in [-0.15, -0.1) is 0 Å². The van der Waals surface area contributed by atoms with Crippen LogP contribution in [0.4, 0.5) is 16.0 Å². The minimum absolute atomic E-state index is 0.106. The quantitative estimate of drug-likeness (QED) is 0.719. The Morgan fingerprint density at radius 3 is 2.30 bits per heavy atom. The van der Waals surface area contributed by atoms with E-state index < -0.39 is 0 Å². The molecule has 0 spiro atoms. The van der Waals surface area contributed by atoms with Crippen molar-refractivity contribution >= 4 is 23.6 Å². The maximum Gasteiger partial charge on any atom is 0.246 e. The third-order valence-corrected chi connectivity index (χ3v) is 5.37. The Labute approximate surface area is 175 Å². The molecule has 0 atom stereocenters. The summed E-state index contributed by atoms with van der Waals surface area (Å²) in [5, 5.41) is 0. The van der Waals surface area contributed by atoms with Crippen molar-refractivity contribution in [2.45, 2.75) is 6.92 Å². The number of carbonyl (C=O) groups excluding carboxylic acids is 1. The van der Waals surface area contributed by atoms with Gasteiger partial charge in [0.1, 0.15) is 23.3 Å². The molecule has 2 fully saturated rings. The highest BCUT2D eigenvalue weighted by Gasteiger charge is 2.22. The maximum atomic E-state index is 13.7. The molecule has 0 N–H and O–H groups in total. The summed E-state index contributed by atoms with van der Waals surface area (Å²) in [6, 6.07) is 8.44. The molecule has 1 aromatic heterocycles. The van der Waals surface area contributed by atoms with Crippen LogP contribution in [0.2, 0.25) is 0 Å². The monoisotopic (exact) mass is 411 g/mol. The van der Waals surface area contributed by atoms with Gasteiger partial charge in [0, 0.05) is 57.0 Å². The molecule has 30 heavy (non-hydrogen) atoms. The molecule has 1 amide bonds. The van der Waals surface area contributed by atoms with Crippen molar-refractivity contribution < 1.29 is 13.9 Å². The molecule has 0 unspecified atom stereocenters. The molecule has 0 aliphatic carbocycles. The topological polar surface area (TPSA) is 61.8 Å². The summed E-state index contributed by atoms with van der Waals surface area (Å²) >= 11 is 0. The summed E-state index contributed by atoms with van der Waals surface area (Å²) in [6.45, 7) is 7.54. The van der Waals surface area contributed by atoms with Crippen LogP contribution in [0.15, 0.2) is 36.4 Å². The predicted octanol–water partition coefficient (Wildman–Crippen LogP) is 2.12. The lowest BCUT2D eigenvalue weighted by Crippen LogP contribution is -2.48. The number of aromatic nitrogens is 2. The normalized spacial score (nSPS) is 17.6. The Morgan fingerprint density at radius 2 is 1.63 bits per heavy atom. The van der Waals surface area contributed by atoms with E-state index in [1.165, 1.54) is 18.2 Å². The van der Waals surface area contributed by atoms with Crippen LogP contribution in [-0.4, -0.2) is 73.3 Å². The minimum atomic E-state index is -0.332. The van der Waals surface area contributed by atoms with E-state index in [1.807, 2.05) is 13.0 Å². The van der Waals surface area contributed by atoms with Gasteiger partial charge in [0.15, 0.2) is 0 Å². The number of rotatable bonds is 4. The van der Waals surface area contributed by atoms with Crippen LogP contribution in [0.5, 0.6) is 0 Å². The first-order valence-electron chi connectivity index (χ1n) is 10.2. The fraction of sp³-hybridized carbons (Fsp3) is 0.409. The van der Waals surface area contributed by atoms with E-state index in [0.29, 0.717) is 45.0 Å². The molecule has 1 aromatic carbocycles. The highest BCUT2D eigenvalue weighted by molar-refractivity contribution is 5.92. The van der Waals surface area contributed by atoms with Gasteiger partial charge < -0.3 is 19.4 Å². The van der Waals surface area contributed by atoms with E-state index in [9.17, 15) is 9.18 Å². The first-order valence-corrected chi connectivity index (χ1v) is 10.2. The standard InChI is InChI=1S/C22H26FN5O2/c1-17-24-20(16-21(25-17)27-12-14-30-15-13-27)26-8-10-28(11-9-26)22(29)7-6-18-4-2-3-5-19(18)23/h2-7,16H,8-15H2,1H3/b7-6+. The van der Waals surface area contributed by atoms with Crippen molar-refractivity contribution in [2.75, 3.05) is 62.3 Å². The zero-order valence-electron chi connectivity index (χ0n) is 17.1. The van der Waals surface area contributed by atoms with Gasteiger partial charge in [0.05, 0.1) is 13.2 Å². The molecule has 0 saturated carbocycles. The van der Waals surface area contributed by atoms with Crippen molar-refractivity contribution in [1.29, 1.82) is 0 Å².